The van der Waals surface area contributed by atoms with E-state index in [0.29, 0.717) is 6.61 Å². The third kappa shape index (κ3) is 2.29. The Balaban J connectivity index is 3.02. The van der Waals surface area contributed by atoms with Gasteiger partial charge < -0.3 is 4.74 Å². The SMILES string of the molecule is COCC(C)n1ccc(=O)[nH]c1=O. The van der Waals surface area contributed by atoms with Gasteiger partial charge in [-0.15, -0.1) is 0 Å². The molecule has 0 aliphatic carbocycles. The van der Waals surface area contributed by atoms with Gasteiger partial charge in [0.2, 0.25) is 0 Å². The number of methoxy groups -OCH3 is 1. The van der Waals surface area contributed by atoms with Gasteiger partial charge >= 0.3 is 5.69 Å². The van der Waals surface area contributed by atoms with Gasteiger partial charge in [-0.05, 0) is 6.92 Å². The van der Waals surface area contributed by atoms with E-state index in [4.69, 9.17) is 4.74 Å². The normalized spacial score (nSPS) is 12.8. The summed E-state index contributed by atoms with van der Waals surface area (Å²) in [4.78, 5) is 24.1. The molecule has 0 saturated heterocycles. The maximum atomic E-state index is 11.2. The van der Waals surface area contributed by atoms with Gasteiger partial charge in [-0.2, -0.15) is 0 Å². The Morgan fingerprint density at radius 2 is 2.31 bits per heavy atom. The van der Waals surface area contributed by atoms with Crippen LogP contribution in [0.1, 0.15) is 13.0 Å². The van der Waals surface area contributed by atoms with Crippen LogP contribution >= 0.6 is 0 Å². The molecule has 5 nitrogen and oxygen atoms in total. The standard InChI is InChI=1S/C8H12N2O3/c1-6(5-13-2)10-4-3-7(11)9-8(10)12/h3-4,6H,5H2,1-2H3,(H,9,11,12). The Labute approximate surface area is 75.0 Å². The molecule has 0 bridgehead atoms. The molecule has 72 valence electrons. The molecule has 5 heteroatoms. The molecule has 0 aliphatic rings. The fourth-order valence-electron chi connectivity index (χ4n) is 1.10. The van der Waals surface area contributed by atoms with E-state index in [9.17, 15) is 9.59 Å². The minimum atomic E-state index is -0.406. The number of aromatic amines is 1. The van der Waals surface area contributed by atoms with E-state index >= 15 is 0 Å². The van der Waals surface area contributed by atoms with Crippen molar-refractivity contribution in [2.75, 3.05) is 13.7 Å². The predicted octanol–water partition coefficient (Wildman–Crippen LogP) is -0.256. The third-order valence-electron chi connectivity index (χ3n) is 1.73. The van der Waals surface area contributed by atoms with Crippen molar-refractivity contribution in [2.45, 2.75) is 13.0 Å². The van der Waals surface area contributed by atoms with E-state index in [2.05, 4.69) is 4.98 Å². The van der Waals surface area contributed by atoms with Crippen molar-refractivity contribution >= 4 is 0 Å². The lowest BCUT2D eigenvalue weighted by atomic mass is 10.3. The van der Waals surface area contributed by atoms with Gasteiger partial charge in [0.1, 0.15) is 0 Å². The van der Waals surface area contributed by atoms with Crippen molar-refractivity contribution < 1.29 is 4.74 Å². The largest absolute Gasteiger partial charge is 0.383 e. The molecule has 0 aromatic carbocycles. The van der Waals surface area contributed by atoms with E-state index < -0.39 is 5.69 Å². The molecule has 0 amide bonds. The minimum Gasteiger partial charge on any atom is -0.383 e. The minimum absolute atomic E-state index is 0.0747. The molecule has 1 unspecified atom stereocenters. The lowest BCUT2D eigenvalue weighted by Gasteiger charge is -2.12. The van der Waals surface area contributed by atoms with Gasteiger partial charge in [-0.25, -0.2) is 4.79 Å². The number of rotatable bonds is 3. The summed E-state index contributed by atoms with van der Waals surface area (Å²) in [5.74, 6) is 0. The van der Waals surface area contributed by atoms with Crippen molar-refractivity contribution in [3.05, 3.63) is 33.1 Å². The zero-order valence-corrected chi connectivity index (χ0v) is 7.61. The highest BCUT2D eigenvalue weighted by molar-refractivity contribution is 4.84. The highest BCUT2D eigenvalue weighted by Crippen LogP contribution is 1.98. The zero-order chi connectivity index (χ0) is 9.84. The van der Waals surface area contributed by atoms with E-state index in [1.807, 2.05) is 6.92 Å². The molecule has 0 radical (unpaired) electrons. The van der Waals surface area contributed by atoms with Gasteiger partial charge in [0.25, 0.3) is 5.56 Å². The molecule has 0 aliphatic heterocycles. The molecule has 1 aromatic heterocycles. The van der Waals surface area contributed by atoms with Crippen LogP contribution in [-0.2, 0) is 4.74 Å². The van der Waals surface area contributed by atoms with Crippen molar-refractivity contribution in [2.24, 2.45) is 0 Å². The fraction of sp³-hybridized carbons (Fsp3) is 0.500. The highest BCUT2D eigenvalue weighted by Gasteiger charge is 2.05. The quantitative estimate of drug-likeness (QED) is 0.704. The first-order chi connectivity index (χ1) is 6.15. The summed E-state index contributed by atoms with van der Waals surface area (Å²) in [5, 5.41) is 0. The first-order valence-electron chi connectivity index (χ1n) is 3.95. The maximum absolute atomic E-state index is 11.2. The van der Waals surface area contributed by atoms with E-state index in [-0.39, 0.29) is 11.6 Å². The van der Waals surface area contributed by atoms with Gasteiger partial charge in [0, 0.05) is 19.4 Å². The fourth-order valence-corrected chi connectivity index (χ4v) is 1.10. The van der Waals surface area contributed by atoms with Crippen LogP contribution in [0.4, 0.5) is 0 Å². The summed E-state index contributed by atoms with van der Waals surface area (Å²) < 4.78 is 6.31. The number of ether oxygens (including phenoxy) is 1. The van der Waals surface area contributed by atoms with Crippen LogP contribution in [-0.4, -0.2) is 23.3 Å². The molecule has 1 rings (SSSR count). The van der Waals surface area contributed by atoms with Crippen LogP contribution in [0.15, 0.2) is 21.9 Å². The summed E-state index contributed by atoms with van der Waals surface area (Å²) in [6, 6.07) is 1.24. The van der Waals surface area contributed by atoms with Crippen molar-refractivity contribution in [3.8, 4) is 0 Å². The van der Waals surface area contributed by atoms with Gasteiger partial charge in [0.15, 0.2) is 0 Å². The van der Waals surface area contributed by atoms with Crippen molar-refractivity contribution in [1.29, 1.82) is 0 Å². The average molecular weight is 184 g/mol. The van der Waals surface area contributed by atoms with Gasteiger partial charge in [-0.3, -0.25) is 14.3 Å². The maximum Gasteiger partial charge on any atom is 0.328 e. The summed E-state index contributed by atoms with van der Waals surface area (Å²) in [6.45, 7) is 2.27. The second-order valence-corrected chi connectivity index (χ2v) is 2.82. The number of aromatic nitrogens is 2. The Bertz CT molecular complexity index is 379. The first kappa shape index (κ1) is 9.73. The van der Waals surface area contributed by atoms with Crippen molar-refractivity contribution in [1.82, 2.24) is 9.55 Å². The number of nitrogens with one attached hydrogen (secondary N) is 1. The molecule has 1 aromatic rings. The number of hydrogen-bond donors (Lipinski definition) is 1. The summed E-state index contributed by atoms with van der Waals surface area (Å²) in [6.07, 6.45) is 1.46. The third-order valence-corrected chi connectivity index (χ3v) is 1.73. The lowest BCUT2D eigenvalue weighted by Crippen LogP contribution is -2.31. The van der Waals surface area contributed by atoms with E-state index in [1.165, 1.54) is 16.8 Å². The van der Waals surface area contributed by atoms with Crippen LogP contribution in [0.25, 0.3) is 0 Å². The van der Waals surface area contributed by atoms with Gasteiger partial charge in [0.05, 0.1) is 12.6 Å². The molecule has 0 saturated carbocycles. The molecule has 0 fully saturated rings. The Morgan fingerprint density at radius 1 is 1.62 bits per heavy atom. The summed E-state index contributed by atoms with van der Waals surface area (Å²) in [5.41, 5.74) is -0.789. The molecule has 13 heavy (non-hydrogen) atoms. The smallest absolute Gasteiger partial charge is 0.328 e. The van der Waals surface area contributed by atoms with E-state index in [0.717, 1.165) is 0 Å². The molecular formula is C8H12N2O3. The molecule has 1 atom stereocenters. The summed E-state index contributed by atoms with van der Waals surface area (Å²) >= 11 is 0. The van der Waals surface area contributed by atoms with Crippen molar-refractivity contribution in [3.63, 3.8) is 0 Å². The Morgan fingerprint density at radius 3 is 2.85 bits per heavy atom. The van der Waals surface area contributed by atoms with Crippen LogP contribution in [0, 0.1) is 0 Å². The number of H-pyrrole nitrogens is 1. The second kappa shape index (κ2) is 4.04. The molecule has 0 spiro atoms. The van der Waals surface area contributed by atoms with Crippen LogP contribution in [0.3, 0.4) is 0 Å². The topological polar surface area (TPSA) is 64.1 Å². The second-order valence-electron chi connectivity index (χ2n) is 2.82. The molecule has 1 N–H and O–H groups in total. The number of hydrogen-bond acceptors (Lipinski definition) is 3. The monoisotopic (exact) mass is 184 g/mol. The predicted molar refractivity (Wildman–Crippen MR) is 47.9 cm³/mol. The first-order valence-corrected chi connectivity index (χ1v) is 3.95. The van der Waals surface area contributed by atoms with E-state index in [1.54, 1.807) is 7.11 Å². The Hall–Kier alpha value is -1.36. The van der Waals surface area contributed by atoms with Crippen LogP contribution in [0.5, 0.6) is 0 Å². The average Bonchev–Trinajstić information content (AvgIpc) is 2.04. The van der Waals surface area contributed by atoms with Crippen LogP contribution in [0.2, 0.25) is 0 Å². The highest BCUT2D eigenvalue weighted by atomic mass is 16.5. The van der Waals surface area contributed by atoms with Crippen LogP contribution < -0.4 is 11.2 Å². The zero-order valence-electron chi connectivity index (χ0n) is 7.61. The Kier molecular flexibility index (Phi) is 3.02. The lowest BCUT2D eigenvalue weighted by molar-refractivity contribution is 0.160. The molecular weight excluding hydrogens is 172 g/mol. The number of nitrogens with zero attached hydrogens (tertiary/aromatic N) is 1. The molecule has 1 heterocycles. The van der Waals surface area contributed by atoms with Gasteiger partial charge in [-0.1, -0.05) is 0 Å². The summed E-state index contributed by atoms with van der Waals surface area (Å²) in [7, 11) is 1.56.